The maximum Gasteiger partial charge on any atom is 0.0400 e. The van der Waals surface area contributed by atoms with E-state index >= 15 is 0 Å². The van der Waals surface area contributed by atoms with Gasteiger partial charge in [0.1, 0.15) is 0 Å². The fourth-order valence-corrected chi connectivity index (χ4v) is 2.26. The van der Waals surface area contributed by atoms with Crippen LogP contribution in [0.1, 0.15) is 23.6 Å². The van der Waals surface area contributed by atoms with Gasteiger partial charge >= 0.3 is 0 Å². The number of nitrogens with one attached hydrogen (secondary N) is 1. The summed E-state index contributed by atoms with van der Waals surface area (Å²) in [5.41, 5.74) is 5.13. The number of benzene rings is 2. The Morgan fingerprint density at radius 1 is 1.00 bits per heavy atom. The van der Waals surface area contributed by atoms with Gasteiger partial charge in [0.15, 0.2) is 0 Å². The van der Waals surface area contributed by atoms with Crippen LogP contribution in [-0.2, 0) is 13.0 Å². The third-order valence-corrected chi connectivity index (χ3v) is 4.04. The Morgan fingerprint density at radius 3 is 2.33 bits per heavy atom. The molecule has 0 aliphatic carbocycles. The molecule has 0 aliphatic rings. The van der Waals surface area contributed by atoms with Gasteiger partial charge in [0.2, 0.25) is 0 Å². The van der Waals surface area contributed by atoms with Gasteiger partial charge in [-0.2, -0.15) is 0 Å². The van der Waals surface area contributed by atoms with E-state index in [4.69, 9.17) is 0 Å². The minimum atomic E-state index is 0.862. The summed E-state index contributed by atoms with van der Waals surface area (Å²) >= 11 is 3.55. The van der Waals surface area contributed by atoms with Gasteiger partial charge in [-0.05, 0) is 42.2 Å². The quantitative estimate of drug-likeness (QED) is 0.844. The third-order valence-electron chi connectivity index (χ3n) is 3.18. The van der Waals surface area contributed by atoms with Gasteiger partial charge in [-0.25, -0.2) is 0 Å². The molecule has 2 heteroatoms. The van der Waals surface area contributed by atoms with Crippen molar-refractivity contribution in [1.82, 2.24) is 0 Å². The predicted octanol–water partition coefficient (Wildman–Crippen LogP) is 4.93. The molecule has 0 spiro atoms. The fourth-order valence-electron chi connectivity index (χ4n) is 1.89. The second-order valence-electron chi connectivity index (χ2n) is 4.44. The summed E-state index contributed by atoms with van der Waals surface area (Å²) in [4.78, 5) is 0. The zero-order chi connectivity index (χ0) is 13.0. The molecule has 0 fully saturated rings. The molecule has 2 rings (SSSR count). The zero-order valence-corrected chi connectivity index (χ0v) is 12.4. The van der Waals surface area contributed by atoms with Crippen molar-refractivity contribution < 1.29 is 0 Å². The number of rotatable bonds is 4. The summed E-state index contributed by atoms with van der Waals surface area (Å²) in [6.07, 6.45) is 1.10. The van der Waals surface area contributed by atoms with Crippen molar-refractivity contribution in [2.24, 2.45) is 0 Å². The Kier molecular flexibility index (Phi) is 4.43. The van der Waals surface area contributed by atoms with Crippen LogP contribution in [0.3, 0.4) is 0 Å². The average Bonchev–Trinajstić information content (AvgIpc) is 2.41. The van der Waals surface area contributed by atoms with Crippen LogP contribution in [0.4, 0.5) is 5.69 Å². The molecular weight excluding hydrogens is 286 g/mol. The summed E-state index contributed by atoms with van der Waals surface area (Å²) in [6.45, 7) is 5.16. The van der Waals surface area contributed by atoms with Crippen LogP contribution in [0.15, 0.2) is 46.9 Å². The molecule has 1 nitrogen and oxygen atoms in total. The summed E-state index contributed by atoms with van der Waals surface area (Å²) in [6, 6.07) is 15.0. The predicted molar refractivity (Wildman–Crippen MR) is 82.0 cm³/mol. The molecule has 0 aromatic heterocycles. The van der Waals surface area contributed by atoms with Gasteiger partial charge in [-0.15, -0.1) is 0 Å². The number of anilines is 1. The van der Waals surface area contributed by atoms with Crippen molar-refractivity contribution in [1.29, 1.82) is 0 Å². The molecule has 0 aliphatic heterocycles. The molecule has 0 bridgehead atoms. The second-order valence-corrected chi connectivity index (χ2v) is 5.29. The SMILES string of the molecule is CCc1ccc(CNc2cccc(Br)c2C)cc1. The first-order valence-corrected chi connectivity index (χ1v) is 7.07. The van der Waals surface area contributed by atoms with Gasteiger partial charge in [0.25, 0.3) is 0 Å². The van der Waals surface area contributed by atoms with Crippen LogP contribution >= 0.6 is 15.9 Å². The van der Waals surface area contributed by atoms with Crippen LogP contribution in [0.2, 0.25) is 0 Å². The van der Waals surface area contributed by atoms with Crippen LogP contribution in [0, 0.1) is 6.92 Å². The number of aryl methyl sites for hydroxylation is 1. The molecule has 0 radical (unpaired) electrons. The molecule has 1 N–H and O–H groups in total. The molecule has 2 aromatic rings. The van der Waals surface area contributed by atoms with Gasteiger partial charge < -0.3 is 5.32 Å². The largest absolute Gasteiger partial charge is 0.381 e. The molecule has 18 heavy (non-hydrogen) atoms. The van der Waals surface area contributed by atoms with Crippen LogP contribution < -0.4 is 5.32 Å². The highest BCUT2D eigenvalue weighted by molar-refractivity contribution is 9.10. The molecule has 0 heterocycles. The Balaban J connectivity index is 2.04. The van der Waals surface area contributed by atoms with Crippen molar-refractivity contribution in [3.8, 4) is 0 Å². The lowest BCUT2D eigenvalue weighted by molar-refractivity contribution is 1.10. The minimum Gasteiger partial charge on any atom is -0.381 e. The molecule has 2 aromatic carbocycles. The highest BCUT2D eigenvalue weighted by Gasteiger charge is 2.01. The standard InChI is InChI=1S/C16H18BrN/c1-3-13-7-9-14(10-8-13)11-18-16-6-4-5-15(17)12(16)2/h4-10,18H,3,11H2,1-2H3. The van der Waals surface area contributed by atoms with Gasteiger partial charge in [-0.1, -0.05) is 53.2 Å². The van der Waals surface area contributed by atoms with E-state index in [1.165, 1.54) is 22.4 Å². The zero-order valence-electron chi connectivity index (χ0n) is 10.8. The van der Waals surface area contributed by atoms with Crippen molar-refractivity contribution in [3.05, 3.63) is 63.6 Å². The maximum absolute atomic E-state index is 3.55. The van der Waals surface area contributed by atoms with Crippen LogP contribution in [-0.4, -0.2) is 0 Å². The first-order chi connectivity index (χ1) is 8.70. The Hall–Kier alpha value is -1.28. The fraction of sp³-hybridized carbons (Fsp3) is 0.250. The average molecular weight is 304 g/mol. The summed E-state index contributed by atoms with van der Waals surface area (Å²) in [7, 11) is 0. The van der Waals surface area contributed by atoms with Crippen molar-refractivity contribution in [2.75, 3.05) is 5.32 Å². The molecule has 0 saturated carbocycles. The van der Waals surface area contributed by atoms with E-state index in [2.05, 4.69) is 77.6 Å². The van der Waals surface area contributed by atoms with E-state index in [9.17, 15) is 0 Å². The molecule has 0 amide bonds. The summed E-state index contributed by atoms with van der Waals surface area (Å²) in [5.74, 6) is 0. The Labute approximate surface area is 117 Å². The monoisotopic (exact) mass is 303 g/mol. The topological polar surface area (TPSA) is 12.0 Å². The first kappa shape index (κ1) is 13.2. The van der Waals surface area contributed by atoms with E-state index in [1.54, 1.807) is 0 Å². The normalized spacial score (nSPS) is 10.4. The first-order valence-electron chi connectivity index (χ1n) is 6.27. The highest BCUT2D eigenvalue weighted by atomic mass is 79.9. The number of hydrogen-bond donors (Lipinski definition) is 1. The lowest BCUT2D eigenvalue weighted by Gasteiger charge is -2.11. The number of halogens is 1. The summed E-state index contributed by atoms with van der Waals surface area (Å²) < 4.78 is 1.15. The van der Waals surface area contributed by atoms with Gasteiger partial charge in [0.05, 0.1) is 0 Å². The van der Waals surface area contributed by atoms with E-state index in [0.29, 0.717) is 0 Å². The van der Waals surface area contributed by atoms with Gasteiger partial charge in [-0.3, -0.25) is 0 Å². The molecule has 0 atom stereocenters. The Morgan fingerprint density at radius 2 is 1.67 bits per heavy atom. The maximum atomic E-state index is 3.55. The third kappa shape index (κ3) is 3.14. The lowest BCUT2D eigenvalue weighted by Crippen LogP contribution is -2.01. The van der Waals surface area contributed by atoms with E-state index in [-0.39, 0.29) is 0 Å². The van der Waals surface area contributed by atoms with Crippen LogP contribution in [0.5, 0.6) is 0 Å². The second kappa shape index (κ2) is 6.05. The van der Waals surface area contributed by atoms with Crippen molar-refractivity contribution >= 4 is 21.6 Å². The van der Waals surface area contributed by atoms with Crippen LogP contribution in [0.25, 0.3) is 0 Å². The smallest absolute Gasteiger partial charge is 0.0400 e. The molecular formula is C16H18BrN. The van der Waals surface area contributed by atoms with E-state index in [1.807, 2.05) is 0 Å². The highest BCUT2D eigenvalue weighted by Crippen LogP contribution is 2.23. The summed E-state index contributed by atoms with van der Waals surface area (Å²) in [5, 5.41) is 3.48. The van der Waals surface area contributed by atoms with Crippen molar-refractivity contribution in [3.63, 3.8) is 0 Å². The van der Waals surface area contributed by atoms with E-state index in [0.717, 1.165) is 17.4 Å². The Bertz CT molecular complexity index is 517. The van der Waals surface area contributed by atoms with Gasteiger partial charge in [0, 0.05) is 16.7 Å². The van der Waals surface area contributed by atoms with Crippen molar-refractivity contribution in [2.45, 2.75) is 26.8 Å². The van der Waals surface area contributed by atoms with E-state index < -0.39 is 0 Å². The molecule has 0 saturated heterocycles. The lowest BCUT2D eigenvalue weighted by atomic mass is 10.1. The molecule has 94 valence electrons. The number of hydrogen-bond acceptors (Lipinski definition) is 1. The minimum absolute atomic E-state index is 0.862. The molecule has 0 unspecified atom stereocenters.